The lowest BCUT2D eigenvalue weighted by Gasteiger charge is -2.14. The monoisotopic (exact) mass is 357 g/mol. The molecule has 2 aromatic rings. The minimum Gasteiger partial charge on any atom is -0.449 e. The summed E-state index contributed by atoms with van der Waals surface area (Å²) in [6, 6.07) is 11.6. The molecule has 0 saturated heterocycles. The first-order chi connectivity index (χ1) is 12.0. The van der Waals surface area contributed by atoms with Crippen LogP contribution < -0.4 is 5.32 Å². The molecular weight excluding hydrogens is 334 g/mol. The van der Waals surface area contributed by atoms with E-state index in [2.05, 4.69) is 5.32 Å². The Balaban J connectivity index is 2.21. The van der Waals surface area contributed by atoms with Crippen LogP contribution in [-0.2, 0) is 14.3 Å². The van der Waals surface area contributed by atoms with Gasteiger partial charge < -0.3 is 10.1 Å². The van der Waals surface area contributed by atoms with Crippen LogP contribution in [0.5, 0.6) is 0 Å². The van der Waals surface area contributed by atoms with E-state index in [4.69, 9.17) is 4.74 Å². The van der Waals surface area contributed by atoms with E-state index in [-0.39, 0.29) is 5.91 Å². The van der Waals surface area contributed by atoms with Crippen molar-refractivity contribution in [1.29, 1.82) is 0 Å². The van der Waals surface area contributed by atoms with E-state index < -0.39 is 12.1 Å². The highest BCUT2D eigenvalue weighted by Crippen LogP contribution is 2.25. The number of thiophene rings is 1. The summed E-state index contributed by atoms with van der Waals surface area (Å²) in [7, 11) is 0. The molecule has 0 fully saturated rings. The van der Waals surface area contributed by atoms with Crippen molar-refractivity contribution in [3.63, 3.8) is 0 Å². The summed E-state index contributed by atoms with van der Waals surface area (Å²) in [5.41, 5.74) is 2.49. The van der Waals surface area contributed by atoms with Gasteiger partial charge in [-0.2, -0.15) is 0 Å². The average Bonchev–Trinajstić information content (AvgIpc) is 3.11. The molecule has 25 heavy (non-hydrogen) atoms. The molecule has 132 valence electrons. The molecule has 0 radical (unpaired) electrons. The van der Waals surface area contributed by atoms with Crippen LogP contribution in [0.25, 0.3) is 11.6 Å². The number of ether oxygens (including phenoxy) is 1. The predicted molar refractivity (Wildman–Crippen MR) is 102 cm³/mol. The highest BCUT2D eigenvalue weighted by molar-refractivity contribution is 7.11. The SMILES string of the molecule is CCCNC(=O)[C@H](C)OC(=O)/C(=C/c1cccc(C)c1)c1cccs1. The number of hydrogen-bond donors (Lipinski definition) is 1. The van der Waals surface area contributed by atoms with Gasteiger partial charge in [-0.25, -0.2) is 4.79 Å². The fraction of sp³-hybridized carbons (Fsp3) is 0.300. The van der Waals surface area contributed by atoms with Gasteiger partial charge in [0.15, 0.2) is 6.10 Å². The molecule has 1 atom stereocenters. The molecule has 0 saturated carbocycles. The zero-order chi connectivity index (χ0) is 18.2. The van der Waals surface area contributed by atoms with Crippen LogP contribution in [-0.4, -0.2) is 24.5 Å². The molecule has 0 aliphatic rings. The third-order valence-corrected chi connectivity index (χ3v) is 4.47. The normalized spacial score (nSPS) is 12.5. The first kappa shape index (κ1) is 18.9. The summed E-state index contributed by atoms with van der Waals surface area (Å²) < 4.78 is 5.39. The number of hydrogen-bond acceptors (Lipinski definition) is 4. The number of carbonyl (C=O) groups excluding carboxylic acids is 2. The van der Waals surface area contributed by atoms with Crippen LogP contribution in [0.15, 0.2) is 41.8 Å². The fourth-order valence-electron chi connectivity index (χ4n) is 2.26. The second-order valence-corrected chi connectivity index (χ2v) is 6.74. The molecule has 2 rings (SSSR count). The zero-order valence-electron chi connectivity index (χ0n) is 14.7. The van der Waals surface area contributed by atoms with Gasteiger partial charge >= 0.3 is 5.97 Å². The highest BCUT2D eigenvalue weighted by atomic mass is 32.1. The first-order valence-electron chi connectivity index (χ1n) is 8.32. The Labute approximate surface area is 152 Å². The smallest absolute Gasteiger partial charge is 0.340 e. The number of carbonyl (C=O) groups is 2. The average molecular weight is 357 g/mol. The molecule has 0 bridgehead atoms. The summed E-state index contributed by atoms with van der Waals surface area (Å²) in [4.78, 5) is 25.4. The van der Waals surface area contributed by atoms with E-state index in [1.54, 1.807) is 13.0 Å². The second kappa shape index (κ2) is 9.18. The van der Waals surface area contributed by atoms with Crippen molar-refractivity contribution in [2.75, 3.05) is 6.54 Å². The largest absolute Gasteiger partial charge is 0.449 e. The van der Waals surface area contributed by atoms with E-state index in [0.717, 1.165) is 22.4 Å². The second-order valence-electron chi connectivity index (χ2n) is 5.79. The van der Waals surface area contributed by atoms with Gasteiger partial charge in [-0.1, -0.05) is 42.8 Å². The Morgan fingerprint density at radius 3 is 2.72 bits per heavy atom. The maximum atomic E-state index is 12.7. The number of aryl methyl sites for hydroxylation is 1. The van der Waals surface area contributed by atoms with Crippen molar-refractivity contribution in [3.05, 3.63) is 57.8 Å². The predicted octanol–water partition coefficient (Wildman–Crippen LogP) is 4.06. The van der Waals surface area contributed by atoms with E-state index in [1.165, 1.54) is 11.3 Å². The lowest BCUT2D eigenvalue weighted by molar-refractivity contribution is -0.149. The van der Waals surface area contributed by atoms with E-state index in [9.17, 15) is 9.59 Å². The lowest BCUT2D eigenvalue weighted by atomic mass is 10.1. The molecule has 1 aromatic heterocycles. The quantitative estimate of drug-likeness (QED) is 0.601. The van der Waals surface area contributed by atoms with Gasteiger partial charge in [-0.05, 0) is 43.4 Å². The van der Waals surface area contributed by atoms with Crippen LogP contribution in [0.3, 0.4) is 0 Å². The summed E-state index contributed by atoms with van der Waals surface area (Å²) >= 11 is 1.46. The maximum Gasteiger partial charge on any atom is 0.340 e. The van der Waals surface area contributed by atoms with E-state index >= 15 is 0 Å². The number of rotatable bonds is 7. The molecule has 5 heteroatoms. The Bertz CT molecular complexity index is 750. The van der Waals surface area contributed by atoms with Crippen LogP contribution in [0.1, 0.15) is 36.3 Å². The van der Waals surface area contributed by atoms with Gasteiger partial charge in [-0.15, -0.1) is 11.3 Å². The van der Waals surface area contributed by atoms with Crippen molar-refractivity contribution >= 4 is 34.9 Å². The summed E-state index contributed by atoms with van der Waals surface area (Å²) in [5.74, 6) is -0.778. The van der Waals surface area contributed by atoms with Gasteiger partial charge in [0.1, 0.15) is 0 Å². The highest BCUT2D eigenvalue weighted by Gasteiger charge is 2.21. The van der Waals surface area contributed by atoms with E-state index in [0.29, 0.717) is 12.1 Å². The van der Waals surface area contributed by atoms with Crippen molar-refractivity contribution in [3.8, 4) is 0 Å². The Kier molecular flexibility index (Phi) is 6.95. The van der Waals surface area contributed by atoms with Crippen molar-refractivity contribution in [1.82, 2.24) is 5.32 Å². The molecule has 0 aliphatic carbocycles. The van der Waals surface area contributed by atoms with Crippen LogP contribution >= 0.6 is 11.3 Å². The third kappa shape index (κ3) is 5.57. The van der Waals surface area contributed by atoms with Crippen LogP contribution in [0, 0.1) is 6.92 Å². The molecule has 4 nitrogen and oxygen atoms in total. The van der Waals surface area contributed by atoms with E-state index in [1.807, 2.05) is 55.6 Å². The Hall–Kier alpha value is -2.40. The lowest BCUT2D eigenvalue weighted by Crippen LogP contribution is -2.36. The summed E-state index contributed by atoms with van der Waals surface area (Å²) in [6.07, 6.45) is 1.80. The zero-order valence-corrected chi connectivity index (χ0v) is 15.6. The molecule has 1 aromatic carbocycles. The van der Waals surface area contributed by atoms with Gasteiger partial charge in [0.2, 0.25) is 0 Å². The third-order valence-electron chi connectivity index (χ3n) is 3.56. The molecule has 0 spiro atoms. The maximum absolute atomic E-state index is 12.7. The molecule has 1 amide bonds. The van der Waals surface area contributed by atoms with Gasteiger partial charge in [0.05, 0.1) is 5.57 Å². The number of nitrogens with one attached hydrogen (secondary N) is 1. The summed E-state index contributed by atoms with van der Waals surface area (Å²) in [5, 5.41) is 4.64. The van der Waals surface area contributed by atoms with Gasteiger partial charge in [-0.3, -0.25) is 4.79 Å². The minimum atomic E-state index is -0.833. The topological polar surface area (TPSA) is 55.4 Å². The molecule has 0 aliphatic heterocycles. The van der Waals surface area contributed by atoms with Gasteiger partial charge in [0.25, 0.3) is 5.91 Å². The Morgan fingerprint density at radius 1 is 1.28 bits per heavy atom. The molecular formula is C20H23NO3S. The van der Waals surface area contributed by atoms with Crippen LogP contribution in [0.4, 0.5) is 0 Å². The number of esters is 1. The standard InChI is InChI=1S/C20H23NO3S/c1-4-10-21-19(22)15(3)24-20(23)17(18-9-6-11-25-18)13-16-8-5-7-14(2)12-16/h5-9,11-13,15H,4,10H2,1-3H3,(H,21,22)/b17-13+/t15-/m0/s1. The van der Waals surface area contributed by atoms with Crippen molar-refractivity contribution in [2.45, 2.75) is 33.3 Å². The van der Waals surface area contributed by atoms with Crippen LogP contribution in [0.2, 0.25) is 0 Å². The minimum absolute atomic E-state index is 0.281. The number of amides is 1. The molecule has 1 heterocycles. The molecule has 0 unspecified atom stereocenters. The van der Waals surface area contributed by atoms with Crippen molar-refractivity contribution < 1.29 is 14.3 Å². The van der Waals surface area contributed by atoms with Crippen molar-refractivity contribution in [2.24, 2.45) is 0 Å². The number of benzene rings is 1. The summed E-state index contributed by atoms with van der Waals surface area (Å²) in [6.45, 7) is 6.12. The fourth-order valence-corrected chi connectivity index (χ4v) is 2.99. The molecule has 1 N–H and O–H groups in total. The first-order valence-corrected chi connectivity index (χ1v) is 9.20. The Morgan fingerprint density at radius 2 is 2.08 bits per heavy atom. The van der Waals surface area contributed by atoms with Gasteiger partial charge in [0, 0.05) is 11.4 Å².